The summed E-state index contributed by atoms with van der Waals surface area (Å²) in [6.07, 6.45) is -4.41. The van der Waals surface area contributed by atoms with Gasteiger partial charge < -0.3 is 15.0 Å². The molecule has 1 aliphatic heterocycles. The molecule has 1 N–H and O–H groups in total. The highest BCUT2D eigenvalue weighted by Crippen LogP contribution is 2.30. The summed E-state index contributed by atoms with van der Waals surface area (Å²) in [5.74, 6) is 1.76. The van der Waals surface area contributed by atoms with Crippen molar-refractivity contribution in [1.29, 1.82) is 0 Å². The van der Waals surface area contributed by atoms with Crippen LogP contribution in [0.1, 0.15) is 10.4 Å². The molecule has 0 spiro atoms. The Morgan fingerprint density at radius 2 is 1.82 bits per heavy atom. The largest absolute Gasteiger partial charge is 0.484 e. The Balaban J connectivity index is 1.61. The third-order valence-corrected chi connectivity index (χ3v) is 5.32. The number of carbonyl (C=O) groups is 1. The van der Waals surface area contributed by atoms with E-state index in [4.69, 9.17) is 11.6 Å². The van der Waals surface area contributed by atoms with E-state index in [1.54, 1.807) is 12.1 Å². The Labute approximate surface area is 170 Å². The molecule has 3 rings (SSSR count). The number of alkyl halides is 3. The smallest absolute Gasteiger partial charge is 0.422 e. The molecule has 4 nitrogen and oxygen atoms in total. The van der Waals surface area contributed by atoms with E-state index in [0.717, 1.165) is 30.3 Å². The molecule has 0 saturated carbocycles. The van der Waals surface area contributed by atoms with Crippen molar-refractivity contribution >= 4 is 40.6 Å². The van der Waals surface area contributed by atoms with Crippen molar-refractivity contribution in [2.24, 2.45) is 0 Å². The summed E-state index contributed by atoms with van der Waals surface area (Å²) >= 11 is 8.28. The normalized spacial score (nSPS) is 14.6. The molecule has 2 aromatic carbocycles. The summed E-state index contributed by atoms with van der Waals surface area (Å²) in [7, 11) is 0. The second-order valence-electron chi connectivity index (χ2n) is 6.15. The Morgan fingerprint density at radius 3 is 2.43 bits per heavy atom. The Bertz CT molecular complexity index is 825. The number of benzene rings is 2. The third-order valence-electron chi connectivity index (χ3n) is 4.08. The van der Waals surface area contributed by atoms with Crippen molar-refractivity contribution in [1.82, 2.24) is 0 Å². The minimum absolute atomic E-state index is 0.0426. The molecule has 0 aromatic heterocycles. The average Bonchev–Trinajstić information content (AvgIpc) is 2.67. The van der Waals surface area contributed by atoms with Gasteiger partial charge >= 0.3 is 6.18 Å². The van der Waals surface area contributed by atoms with E-state index in [-0.39, 0.29) is 11.7 Å². The number of hydrogen-bond donors (Lipinski definition) is 1. The van der Waals surface area contributed by atoms with Crippen LogP contribution in [-0.2, 0) is 0 Å². The van der Waals surface area contributed by atoms with Crippen molar-refractivity contribution in [2.45, 2.75) is 6.18 Å². The van der Waals surface area contributed by atoms with Gasteiger partial charge in [0, 0.05) is 35.8 Å². The molecule has 0 atom stereocenters. The second kappa shape index (κ2) is 8.96. The van der Waals surface area contributed by atoms with Crippen LogP contribution in [0.3, 0.4) is 0 Å². The zero-order chi connectivity index (χ0) is 20.1. The number of amides is 1. The maximum absolute atomic E-state index is 12.4. The van der Waals surface area contributed by atoms with E-state index in [1.165, 1.54) is 24.3 Å². The molecule has 1 fully saturated rings. The van der Waals surface area contributed by atoms with E-state index in [2.05, 4.69) is 15.0 Å². The zero-order valence-electron chi connectivity index (χ0n) is 14.8. The lowest BCUT2D eigenvalue weighted by Crippen LogP contribution is -2.32. The molecule has 1 aliphatic rings. The molecule has 0 bridgehead atoms. The standard InChI is InChI=1S/C19H18ClF3N2O2S/c20-16-11-14(3-6-17(16)25-7-9-28-10-8-25)24-18(26)13-1-4-15(5-2-13)27-12-19(21,22)23/h1-6,11H,7-10,12H2,(H,24,26). The number of thioether (sulfide) groups is 1. The first-order chi connectivity index (χ1) is 13.3. The maximum atomic E-state index is 12.4. The van der Waals surface area contributed by atoms with Gasteiger partial charge in [0.25, 0.3) is 5.91 Å². The fourth-order valence-corrected chi connectivity index (χ4v) is 3.92. The van der Waals surface area contributed by atoms with Gasteiger partial charge in [0.2, 0.25) is 0 Å². The van der Waals surface area contributed by atoms with Crippen molar-refractivity contribution in [3.05, 3.63) is 53.1 Å². The van der Waals surface area contributed by atoms with Gasteiger partial charge in [-0.15, -0.1) is 0 Å². The molecule has 0 aliphatic carbocycles. The van der Waals surface area contributed by atoms with Gasteiger partial charge in [-0.3, -0.25) is 4.79 Å². The van der Waals surface area contributed by atoms with Crippen molar-refractivity contribution in [2.75, 3.05) is 41.4 Å². The van der Waals surface area contributed by atoms with Crippen molar-refractivity contribution in [3.8, 4) is 5.75 Å². The Hall–Kier alpha value is -2.06. The first-order valence-electron chi connectivity index (χ1n) is 8.55. The maximum Gasteiger partial charge on any atom is 0.422 e. The highest BCUT2D eigenvalue weighted by atomic mass is 35.5. The minimum Gasteiger partial charge on any atom is -0.484 e. The summed E-state index contributed by atoms with van der Waals surface area (Å²) in [4.78, 5) is 14.6. The van der Waals surface area contributed by atoms with E-state index < -0.39 is 12.8 Å². The molecule has 0 radical (unpaired) electrons. The highest BCUT2D eigenvalue weighted by Gasteiger charge is 2.28. The quantitative estimate of drug-likeness (QED) is 0.717. The van der Waals surface area contributed by atoms with Crippen LogP contribution in [0.25, 0.3) is 0 Å². The summed E-state index contributed by atoms with van der Waals surface area (Å²) in [6.45, 7) is 0.483. The van der Waals surface area contributed by atoms with Crippen LogP contribution in [0.15, 0.2) is 42.5 Å². The van der Waals surface area contributed by atoms with Crippen LogP contribution in [0.2, 0.25) is 5.02 Å². The first-order valence-corrected chi connectivity index (χ1v) is 10.1. The summed E-state index contributed by atoms with van der Waals surface area (Å²) < 4.78 is 41.1. The lowest BCUT2D eigenvalue weighted by molar-refractivity contribution is -0.153. The van der Waals surface area contributed by atoms with E-state index >= 15 is 0 Å². The number of halogens is 4. The van der Waals surface area contributed by atoms with E-state index in [9.17, 15) is 18.0 Å². The van der Waals surface area contributed by atoms with Gasteiger partial charge in [0.1, 0.15) is 5.75 Å². The molecule has 1 heterocycles. The fraction of sp³-hybridized carbons (Fsp3) is 0.316. The highest BCUT2D eigenvalue weighted by molar-refractivity contribution is 7.99. The Kier molecular flexibility index (Phi) is 6.61. The number of ether oxygens (including phenoxy) is 1. The second-order valence-corrected chi connectivity index (χ2v) is 7.78. The number of nitrogens with one attached hydrogen (secondary N) is 1. The zero-order valence-corrected chi connectivity index (χ0v) is 16.3. The number of anilines is 2. The number of hydrogen-bond acceptors (Lipinski definition) is 4. The van der Waals surface area contributed by atoms with Gasteiger partial charge in [-0.25, -0.2) is 0 Å². The van der Waals surface area contributed by atoms with Gasteiger partial charge in [0.05, 0.1) is 10.7 Å². The molecule has 1 saturated heterocycles. The lowest BCUT2D eigenvalue weighted by atomic mass is 10.2. The summed E-state index contributed by atoms with van der Waals surface area (Å²) in [6, 6.07) is 10.8. The van der Waals surface area contributed by atoms with Gasteiger partial charge in [-0.2, -0.15) is 24.9 Å². The van der Waals surface area contributed by atoms with E-state index in [0.29, 0.717) is 16.3 Å². The molecular formula is C19H18ClF3N2O2S. The van der Waals surface area contributed by atoms with Crippen LogP contribution in [0.4, 0.5) is 24.5 Å². The number of carbonyl (C=O) groups excluding carboxylic acids is 1. The molecule has 28 heavy (non-hydrogen) atoms. The number of nitrogens with zero attached hydrogens (tertiary/aromatic N) is 1. The molecular weight excluding hydrogens is 413 g/mol. The van der Waals surface area contributed by atoms with Crippen molar-refractivity contribution in [3.63, 3.8) is 0 Å². The SMILES string of the molecule is O=C(Nc1ccc(N2CCSCC2)c(Cl)c1)c1ccc(OCC(F)(F)F)cc1. The van der Waals surface area contributed by atoms with Gasteiger partial charge in [0.15, 0.2) is 6.61 Å². The topological polar surface area (TPSA) is 41.6 Å². The predicted molar refractivity (Wildman–Crippen MR) is 107 cm³/mol. The van der Waals surface area contributed by atoms with Crippen molar-refractivity contribution < 1.29 is 22.7 Å². The van der Waals surface area contributed by atoms with Crippen LogP contribution in [0.5, 0.6) is 5.75 Å². The van der Waals surface area contributed by atoms with Crippen LogP contribution in [-0.4, -0.2) is 43.3 Å². The van der Waals surface area contributed by atoms with Gasteiger partial charge in [-0.1, -0.05) is 11.6 Å². The fourth-order valence-electron chi connectivity index (χ4n) is 2.72. The lowest BCUT2D eigenvalue weighted by Gasteiger charge is -2.29. The van der Waals surface area contributed by atoms with Crippen LogP contribution < -0.4 is 15.0 Å². The summed E-state index contributed by atoms with van der Waals surface area (Å²) in [5, 5.41) is 3.29. The third kappa shape index (κ3) is 5.72. The molecule has 2 aromatic rings. The van der Waals surface area contributed by atoms with Gasteiger partial charge in [-0.05, 0) is 42.5 Å². The van der Waals surface area contributed by atoms with E-state index in [1.807, 2.05) is 17.8 Å². The molecule has 0 unspecified atom stereocenters. The van der Waals surface area contributed by atoms with Crippen LogP contribution in [0, 0.1) is 0 Å². The Morgan fingerprint density at radius 1 is 1.14 bits per heavy atom. The summed E-state index contributed by atoms with van der Waals surface area (Å²) in [5.41, 5.74) is 1.78. The molecule has 150 valence electrons. The number of rotatable bonds is 5. The first kappa shape index (κ1) is 20.7. The predicted octanol–water partition coefficient (Wildman–Crippen LogP) is 5.09. The molecule has 9 heteroatoms. The molecule has 1 amide bonds. The minimum atomic E-state index is -4.41. The van der Waals surface area contributed by atoms with Crippen LogP contribution >= 0.6 is 23.4 Å². The monoisotopic (exact) mass is 430 g/mol. The average molecular weight is 431 g/mol.